The molecule has 0 aliphatic carbocycles. The third kappa shape index (κ3) is 4.95. The summed E-state index contributed by atoms with van der Waals surface area (Å²) in [5.41, 5.74) is 1.46. The molecule has 1 heterocycles. The van der Waals surface area contributed by atoms with E-state index in [1.807, 2.05) is 13.0 Å². The number of carbonyl (C=O) groups is 2. The zero-order chi connectivity index (χ0) is 18.9. The van der Waals surface area contributed by atoms with Gasteiger partial charge in [-0.15, -0.1) is 0 Å². The molecule has 1 aromatic heterocycles. The third-order valence-electron chi connectivity index (χ3n) is 3.69. The maximum Gasteiger partial charge on any atom is 0.269 e. The standard InChI is InChI=1S/C19H23N3O4/c1-4-8-21-19(24)15-11-14(7-9-20-15)18(23)22-12-13-5-6-16(25-2)17(10-13)26-3/h5-7,9-11H,4,8,12H2,1-3H3,(H,21,24)(H,22,23). The number of hydrogen-bond acceptors (Lipinski definition) is 5. The lowest BCUT2D eigenvalue weighted by Crippen LogP contribution is -2.26. The predicted octanol–water partition coefficient (Wildman–Crippen LogP) is 2.17. The van der Waals surface area contributed by atoms with E-state index in [0.29, 0.717) is 30.2 Å². The van der Waals surface area contributed by atoms with E-state index in [9.17, 15) is 9.59 Å². The molecule has 0 aliphatic heterocycles. The number of nitrogens with one attached hydrogen (secondary N) is 2. The highest BCUT2D eigenvalue weighted by Gasteiger charge is 2.12. The van der Waals surface area contributed by atoms with Gasteiger partial charge in [-0.25, -0.2) is 0 Å². The summed E-state index contributed by atoms with van der Waals surface area (Å²) < 4.78 is 10.4. The van der Waals surface area contributed by atoms with Gasteiger partial charge in [-0.05, 0) is 36.2 Å². The van der Waals surface area contributed by atoms with E-state index in [0.717, 1.165) is 12.0 Å². The van der Waals surface area contributed by atoms with E-state index in [1.54, 1.807) is 32.4 Å². The number of benzene rings is 1. The van der Waals surface area contributed by atoms with Crippen LogP contribution in [0.1, 0.15) is 39.8 Å². The molecule has 2 N–H and O–H groups in total. The summed E-state index contributed by atoms with van der Waals surface area (Å²) in [7, 11) is 3.12. The molecule has 2 rings (SSSR count). The molecular weight excluding hydrogens is 334 g/mol. The first-order chi connectivity index (χ1) is 12.6. The second kappa shape index (κ2) is 9.41. The van der Waals surface area contributed by atoms with Crippen molar-refractivity contribution in [3.63, 3.8) is 0 Å². The van der Waals surface area contributed by atoms with Crippen LogP contribution in [0.3, 0.4) is 0 Å². The second-order valence-electron chi connectivity index (χ2n) is 5.56. The molecule has 0 spiro atoms. The lowest BCUT2D eigenvalue weighted by molar-refractivity contribution is 0.0948. The van der Waals surface area contributed by atoms with Crippen LogP contribution < -0.4 is 20.1 Å². The van der Waals surface area contributed by atoms with Crippen molar-refractivity contribution in [2.45, 2.75) is 19.9 Å². The van der Waals surface area contributed by atoms with Crippen LogP contribution in [0.25, 0.3) is 0 Å². The number of ether oxygens (including phenoxy) is 2. The monoisotopic (exact) mass is 357 g/mol. The Kier molecular flexibility index (Phi) is 6.96. The van der Waals surface area contributed by atoms with E-state index in [4.69, 9.17) is 9.47 Å². The molecule has 26 heavy (non-hydrogen) atoms. The van der Waals surface area contributed by atoms with Gasteiger partial charge >= 0.3 is 0 Å². The highest BCUT2D eigenvalue weighted by Crippen LogP contribution is 2.27. The Balaban J connectivity index is 2.03. The molecule has 0 fully saturated rings. The lowest BCUT2D eigenvalue weighted by atomic mass is 10.1. The Labute approximate surface area is 152 Å². The fraction of sp³-hybridized carbons (Fsp3) is 0.316. The topological polar surface area (TPSA) is 89.6 Å². The Morgan fingerprint density at radius 1 is 1.00 bits per heavy atom. The smallest absolute Gasteiger partial charge is 0.269 e. The highest BCUT2D eigenvalue weighted by atomic mass is 16.5. The van der Waals surface area contributed by atoms with Crippen LogP contribution in [0.2, 0.25) is 0 Å². The third-order valence-corrected chi connectivity index (χ3v) is 3.69. The fourth-order valence-electron chi connectivity index (χ4n) is 2.30. The summed E-state index contributed by atoms with van der Waals surface area (Å²) in [4.78, 5) is 28.3. The van der Waals surface area contributed by atoms with Crippen LogP contribution in [-0.4, -0.2) is 37.6 Å². The van der Waals surface area contributed by atoms with E-state index in [-0.39, 0.29) is 17.5 Å². The minimum atomic E-state index is -0.290. The van der Waals surface area contributed by atoms with Gasteiger partial charge in [0.1, 0.15) is 5.69 Å². The van der Waals surface area contributed by atoms with Gasteiger partial charge in [-0.1, -0.05) is 13.0 Å². The van der Waals surface area contributed by atoms with Gasteiger partial charge in [-0.2, -0.15) is 0 Å². The number of rotatable bonds is 8. The van der Waals surface area contributed by atoms with Crippen LogP contribution in [0.15, 0.2) is 36.5 Å². The van der Waals surface area contributed by atoms with Crippen molar-refractivity contribution in [3.05, 3.63) is 53.3 Å². The van der Waals surface area contributed by atoms with Gasteiger partial charge in [0.25, 0.3) is 11.8 Å². The van der Waals surface area contributed by atoms with Crippen LogP contribution in [0, 0.1) is 0 Å². The normalized spacial score (nSPS) is 10.1. The van der Waals surface area contributed by atoms with Gasteiger partial charge in [0.05, 0.1) is 14.2 Å². The SMILES string of the molecule is CCCNC(=O)c1cc(C(=O)NCc2ccc(OC)c(OC)c2)ccn1. The minimum Gasteiger partial charge on any atom is -0.493 e. The first kappa shape index (κ1) is 19.2. The number of carbonyl (C=O) groups excluding carboxylic acids is 2. The van der Waals surface area contributed by atoms with E-state index in [2.05, 4.69) is 15.6 Å². The summed E-state index contributed by atoms with van der Waals surface area (Å²) in [6.45, 7) is 2.85. The summed E-state index contributed by atoms with van der Waals surface area (Å²) in [6, 6.07) is 8.48. The van der Waals surface area contributed by atoms with Crippen LogP contribution in [0.4, 0.5) is 0 Å². The molecule has 0 saturated carbocycles. The highest BCUT2D eigenvalue weighted by molar-refractivity contribution is 5.98. The predicted molar refractivity (Wildman–Crippen MR) is 97.6 cm³/mol. The molecule has 138 valence electrons. The summed E-state index contributed by atoms with van der Waals surface area (Å²) in [5, 5.41) is 5.56. The van der Waals surface area contributed by atoms with Crippen molar-refractivity contribution >= 4 is 11.8 Å². The number of hydrogen-bond donors (Lipinski definition) is 2. The number of aromatic nitrogens is 1. The number of pyridine rings is 1. The largest absolute Gasteiger partial charge is 0.493 e. The van der Waals surface area contributed by atoms with Gasteiger partial charge in [0.15, 0.2) is 11.5 Å². The maximum absolute atomic E-state index is 12.4. The maximum atomic E-state index is 12.4. The number of amides is 2. The number of methoxy groups -OCH3 is 2. The second-order valence-corrected chi connectivity index (χ2v) is 5.56. The van der Waals surface area contributed by atoms with Gasteiger partial charge in [0.2, 0.25) is 0 Å². The van der Waals surface area contributed by atoms with Crippen molar-refractivity contribution in [2.24, 2.45) is 0 Å². The zero-order valence-corrected chi connectivity index (χ0v) is 15.2. The molecule has 0 radical (unpaired) electrons. The fourth-order valence-corrected chi connectivity index (χ4v) is 2.30. The van der Waals surface area contributed by atoms with Gasteiger partial charge in [0, 0.05) is 24.8 Å². The van der Waals surface area contributed by atoms with E-state index < -0.39 is 0 Å². The zero-order valence-electron chi connectivity index (χ0n) is 15.2. The first-order valence-corrected chi connectivity index (χ1v) is 8.32. The molecule has 1 aromatic carbocycles. The Morgan fingerprint density at radius 2 is 1.77 bits per heavy atom. The van der Waals surface area contributed by atoms with Gasteiger partial charge in [-0.3, -0.25) is 14.6 Å². The molecule has 2 aromatic rings. The molecule has 0 atom stereocenters. The van der Waals surface area contributed by atoms with Crippen molar-refractivity contribution < 1.29 is 19.1 Å². The van der Waals surface area contributed by atoms with Crippen molar-refractivity contribution in [1.82, 2.24) is 15.6 Å². The summed E-state index contributed by atoms with van der Waals surface area (Å²) in [5.74, 6) is 0.644. The Hall–Kier alpha value is -3.09. The van der Waals surface area contributed by atoms with Crippen molar-refractivity contribution in [2.75, 3.05) is 20.8 Å². The molecule has 0 unspecified atom stereocenters. The average molecular weight is 357 g/mol. The molecule has 0 bridgehead atoms. The quantitative estimate of drug-likeness (QED) is 0.756. The molecule has 0 aliphatic rings. The Bertz CT molecular complexity index is 777. The Morgan fingerprint density at radius 3 is 2.46 bits per heavy atom. The lowest BCUT2D eigenvalue weighted by Gasteiger charge is -2.10. The van der Waals surface area contributed by atoms with Crippen LogP contribution >= 0.6 is 0 Å². The van der Waals surface area contributed by atoms with Crippen LogP contribution in [0.5, 0.6) is 11.5 Å². The first-order valence-electron chi connectivity index (χ1n) is 8.32. The molecule has 7 heteroatoms. The number of nitrogens with zero attached hydrogens (tertiary/aromatic N) is 1. The summed E-state index contributed by atoms with van der Waals surface area (Å²) in [6.07, 6.45) is 2.28. The average Bonchev–Trinajstić information content (AvgIpc) is 2.69. The van der Waals surface area contributed by atoms with E-state index in [1.165, 1.54) is 12.3 Å². The van der Waals surface area contributed by atoms with Crippen molar-refractivity contribution in [3.8, 4) is 11.5 Å². The minimum absolute atomic E-state index is 0.220. The molecule has 7 nitrogen and oxygen atoms in total. The van der Waals surface area contributed by atoms with Gasteiger partial charge < -0.3 is 20.1 Å². The molecule has 2 amide bonds. The summed E-state index contributed by atoms with van der Waals surface area (Å²) >= 11 is 0. The van der Waals surface area contributed by atoms with E-state index >= 15 is 0 Å². The molecular formula is C19H23N3O4. The molecule has 0 saturated heterocycles. The van der Waals surface area contributed by atoms with Crippen LogP contribution in [-0.2, 0) is 6.54 Å². The van der Waals surface area contributed by atoms with Crippen molar-refractivity contribution in [1.29, 1.82) is 0 Å².